The first-order chi connectivity index (χ1) is 7.84. The van der Waals surface area contributed by atoms with Crippen LogP contribution in [-0.2, 0) is 4.74 Å². The van der Waals surface area contributed by atoms with Crippen molar-refractivity contribution in [2.45, 2.75) is 63.6 Å². The summed E-state index contributed by atoms with van der Waals surface area (Å²) in [5.74, 6) is 2.67. The summed E-state index contributed by atoms with van der Waals surface area (Å²) in [6.07, 6.45) is 8.39. The van der Waals surface area contributed by atoms with E-state index in [-0.39, 0.29) is 0 Å². The van der Waals surface area contributed by atoms with Gasteiger partial charge in [-0.15, -0.1) is 0 Å². The van der Waals surface area contributed by atoms with Crippen LogP contribution in [0.5, 0.6) is 0 Å². The Labute approximate surface area is 104 Å². The third-order valence-corrected chi connectivity index (χ3v) is 4.84. The van der Waals surface area contributed by atoms with E-state index in [1.807, 2.05) is 0 Å². The monoisotopic (exact) mass is 243 g/mol. The van der Waals surface area contributed by atoms with Gasteiger partial charge in [-0.05, 0) is 51.2 Å². The smallest absolute Gasteiger partial charge is 0.0576 e. The highest BCUT2D eigenvalue weighted by molar-refractivity contribution is 7.99. The summed E-state index contributed by atoms with van der Waals surface area (Å²) < 4.78 is 5.66. The molecule has 2 nitrogen and oxygen atoms in total. The molecule has 3 heteroatoms. The lowest BCUT2D eigenvalue weighted by atomic mass is 10.1. The van der Waals surface area contributed by atoms with Crippen molar-refractivity contribution in [1.29, 1.82) is 0 Å². The predicted molar refractivity (Wildman–Crippen MR) is 71.2 cm³/mol. The van der Waals surface area contributed by atoms with Crippen LogP contribution >= 0.6 is 11.8 Å². The second-order valence-electron chi connectivity index (χ2n) is 5.19. The van der Waals surface area contributed by atoms with Crippen molar-refractivity contribution < 1.29 is 4.74 Å². The minimum Gasteiger partial charge on any atom is -0.378 e. The number of nitrogens with one attached hydrogen (secondary N) is 1. The first kappa shape index (κ1) is 12.7. The van der Waals surface area contributed by atoms with E-state index in [9.17, 15) is 0 Å². The maximum absolute atomic E-state index is 5.66. The third-order valence-electron chi connectivity index (χ3n) is 3.63. The molecule has 3 atom stereocenters. The van der Waals surface area contributed by atoms with Crippen molar-refractivity contribution >= 4 is 11.8 Å². The number of ether oxygens (including phenoxy) is 1. The van der Waals surface area contributed by atoms with E-state index < -0.39 is 0 Å². The Bertz CT molecular complexity index is 188. The molecule has 2 aliphatic rings. The largest absolute Gasteiger partial charge is 0.378 e. The molecule has 2 rings (SSSR count). The van der Waals surface area contributed by atoms with Crippen LogP contribution in [-0.4, -0.2) is 36.3 Å². The van der Waals surface area contributed by atoms with Crippen LogP contribution in [0.2, 0.25) is 0 Å². The van der Waals surface area contributed by atoms with Crippen molar-refractivity contribution in [3.05, 3.63) is 0 Å². The fourth-order valence-corrected chi connectivity index (χ4v) is 3.75. The second-order valence-corrected chi connectivity index (χ2v) is 6.34. The zero-order chi connectivity index (χ0) is 11.2. The second kappa shape index (κ2) is 6.87. The van der Waals surface area contributed by atoms with Crippen LogP contribution in [0.4, 0.5) is 0 Å². The highest BCUT2D eigenvalue weighted by atomic mass is 32.2. The molecular formula is C13H25NOS. The van der Waals surface area contributed by atoms with Crippen molar-refractivity contribution in [2.24, 2.45) is 0 Å². The molecule has 2 fully saturated rings. The van der Waals surface area contributed by atoms with Gasteiger partial charge in [0, 0.05) is 24.4 Å². The molecule has 3 unspecified atom stereocenters. The van der Waals surface area contributed by atoms with Crippen molar-refractivity contribution in [3.63, 3.8) is 0 Å². The summed E-state index contributed by atoms with van der Waals surface area (Å²) in [7, 11) is 0. The maximum atomic E-state index is 5.66. The Morgan fingerprint density at radius 3 is 3.00 bits per heavy atom. The molecule has 16 heavy (non-hydrogen) atoms. The van der Waals surface area contributed by atoms with E-state index >= 15 is 0 Å². The first-order valence-corrected chi connectivity index (χ1v) is 7.95. The van der Waals surface area contributed by atoms with E-state index in [1.165, 1.54) is 50.0 Å². The Balaban J connectivity index is 1.57. The molecular weight excluding hydrogens is 218 g/mol. The minimum atomic E-state index is 0.560. The molecule has 0 aromatic heterocycles. The van der Waals surface area contributed by atoms with Crippen LogP contribution in [0.25, 0.3) is 0 Å². The first-order valence-electron chi connectivity index (χ1n) is 6.80. The third kappa shape index (κ3) is 4.27. The van der Waals surface area contributed by atoms with Crippen LogP contribution in [0.15, 0.2) is 0 Å². The summed E-state index contributed by atoms with van der Waals surface area (Å²) in [5.41, 5.74) is 0. The predicted octanol–water partition coefficient (Wildman–Crippen LogP) is 2.82. The van der Waals surface area contributed by atoms with Gasteiger partial charge in [-0.2, -0.15) is 11.8 Å². The average molecular weight is 243 g/mol. The van der Waals surface area contributed by atoms with E-state index in [0.29, 0.717) is 12.1 Å². The molecule has 2 heterocycles. The van der Waals surface area contributed by atoms with Gasteiger partial charge in [0.2, 0.25) is 0 Å². The van der Waals surface area contributed by atoms with Gasteiger partial charge in [-0.3, -0.25) is 0 Å². The van der Waals surface area contributed by atoms with Crippen LogP contribution in [0.3, 0.4) is 0 Å². The standard InChI is InChI=1S/C13H25NOS/c1-11(6-7-13-5-2-8-15-13)14-12-4-3-9-16-10-12/h11-14H,2-10H2,1H3. The van der Waals surface area contributed by atoms with Gasteiger partial charge in [-0.1, -0.05) is 0 Å². The van der Waals surface area contributed by atoms with Gasteiger partial charge in [0.15, 0.2) is 0 Å². The van der Waals surface area contributed by atoms with Gasteiger partial charge in [0.25, 0.3) is 0 Å². The van der Waals surface area contributed by atoms with Crippen LogP contribution in [0, 0.1) is 0 Å². The highest BCUT2D eigenvalue weighted by Crippen LogP contribution is 2.20. The normalized spacial score (nSPS) is 32.8. The van der Waals surface area contributed by atoms with Gasteiger partial charge in [0.1, 0.15) is 0 Å². The minimum absolute atomic E-state index is 0.560. The molecule has 0 spiro atoms. The Kier molecular flexibility index (Phi) is 5.46. The molecule has 2 saturated heterocycles. The summed E-state index contributed by atoms with van der Waals surface area (Å²) in [5, 5.41) is 3.77. The molecule has 0 aliphatic carbocycles. The number of hydrogen-bond acceptors (Lipinski definition) is 3. The van der Waals surface area contributed by atoms with Crippen molar-refractivity contribution in [3.8, 4) is 0 Å². The van der Waals surface area contributed by atoms with E-state index in [1.54, 1.807) is 0 Å². The van der Waals surface area contributed by atoms with Gasteiger partial charge in [-0.25, -0.2) is 0 Å². The molecule has 0 amide bonds. The highest BCUT2D eigenvalue weighted by Gasteiger charge is 2.19. The Hall–Kier alpha value is 0.270. The summed E-state index contributed by atoms with van der Waals surface area (Å²) in [6, 6.07) is 1.42. The summed E-state index contributed by atoms with van der Waals surface area (Å²) >= 11 is 2.10. The molecule has 0 saturated carbocycles. The average Bonchev–Trinajstić information content (AvgIpc) is 2.81. The zero-order valence-electron chi connectivity index (χ0n) is 10.4. The lowest BCUT2D eigenvalue weighted by Gasteiger charge is -2.26. The topological polar surface area (TPSA) is 21.3 Å². The quantitative estimate of drug-likeness (QED) is 0.802. The van der Waals surface area contributed by atoms with Crippen molar-refractivity contribution in [2.75, 3.05) is 18.1 Å². The number of thioether (sulfide) groups is 1. The molecule has 0 aromatic carbocycles. The molecule has 0 aromatic rings. The maximum Gasteiger partial charge on any atom is 0.0576 e. The van der Waals surface area contributed by atoms with Gasteiger partial charge >= 0.3 is 0 Å². The van der Waals surface area contributed by atoms with Gasteiger partial charge < -0.3 is 10.1 Å². The lowest BCUT2D eigenvalue weighted by Crippen LogP contribution is -2.40. The molecule has 94 valence electrons. The van der Waals surface area contributed by atoms with Crippen LogP contribution < -0.4 is 5.32 Å². The number of rotatable bonds is 5. The Morgan fingerprint density at radius 1 is 1.38 bits per heavy atom. The van der Waals surface area contributed by atoms with E-state index in [2.05, 4.69) is 24.0 Å². The molecule has 0 bridgehead atoms. The number of hydrogen-bond donors (Lipinski definition) is 1. The van der Waals surface area contributed by atoms with Crippen molar-refractivity contribution in [1.82, 2.24) is 5.32 Å². The SMILES string of the molecule is CC(CCC1CCCO1)NC1CCCSC1. The van der Waals surface area contributed by atoms with Gasteiger partial charge in [0.05, 0.1) is 6.10 Å². The summed E-state index contributed by atoms with van der Waals surface area (Å²) in [6.45, 7) is 3.32. The van der Waals surface area contributed by atoms with E-state index in [0.717, 1.165) is 12.6 Å². The summed E-state index contributed by atoms with van der Waals surface area (Å²) in [4.78, 5) is 0. The van der Waals surface area contributed by atoms with Crippen LogP contribution in [0.1, 0.15) is 45.4 Å². The Morgan fingerprint density at radius 2 is 2.31 bits per heavy atom. The molecule has 1 N–H and O–H groups in total. The fourth-order valence-electron chi connectivity index (χ4n) is 2.67. The van der Waals surface area contributed by atoms with E-state index in [4.69, 9.17) is 4.74 Å². The molecule has 0 radical (unpaired) electrons. The molecule has 2 aliphatic heterocycles. The lowest BCUT2D eigenvalue weighted by molar-refractivity contribution is 0.0997. The zero-order valence-corrected chi connectivity index (χ0v) is 11.2. The fraction of sp³-hybridized carbons (Fsp3) is 1.00.